The van der Waals surface area contributed by atoms with Gasteiger partial charge in [-0.3, -0.25) is 0 Å². The third kappa shape index (κ3) is 2.78. The van der Waals surface area contributed by atoms with Crippen molar-refractivity contribution < 1.29 is 4.39 Å². The molecule has 1 fully saturated rings. The highest BCUT2D eigenvalue weighted by Crippen LogP contribution is 2.32. The minimum atomic E-state index is -0.148. The van der Waals surface area contributed by atoms with E-state index in [1.54, 1.807) is 6.07 Å². The van der Waals surface area contributed by atoms with Crippen molar-refractivity contribution in [2.75, 3.05) is 18.0 Å². The monoisotopic (exact) mass is 236 g/mol. The Morgan fingerprint density at radius 1 is 1.41 bits per heavy atom. The summed E-state index contributed by atoms with van der Waals surface area (Å²) in [4.78, 5) is 2.15. The molecule has 94 valence electrons. The van der Waals surface area contributed by atoms with E-state index in [2.05, 4.69) is 18.7 Å². The van der Waals surface area contributed by atoms with Crippen molar-refractivity contribution in [3.63, 3.8) is 0 Å². The summed E-state index contributed by atoms with van der Waals surface area (Å²) in [6.45, 7) is 6.74. The van der Waals surface area contributed by atoms with Gasteiger partial charge in [0.15, 0.2) is 0 Å². The summed E-state index contributed by atoms with van der Waals surface area (Å²) in [5, 5.41) is 0. The fraction of sp³-hybridized carbons (Fsp3) is 0.571. The zero-order valence-electron chi connectivity index (χ0n) is 10.7. The first kappa shape index (κ1) is 12.4. The average molecular weight is 236 g/mol. The van der Waals surface area contributed by atoms with Gasteiger partial charge in [0.05, 0.1) is 5.69 Å². The summed E-state index contributed by atoms with van der Waals surface area (Å²) in [5.74, 6) is -0.148. The molecule has 2 nitrogen and oxygen atoms in total. The maximum absolute atomic E-state index is 14.0. The Balaban J connectivity index is 2.22. The summed E-state index contributed by atoms with van der Waals surface area (Å²) in [7, 11) is 0. The maximum atomic E-state index is 14.0. The van der Waals surface area contributed by atoms with Crippen LogP contribution in [0.15, 0.2) is 18.2 Å². The Morgan fingerprint density at radius 3 is 2.76 bits per heavy atom. The lowest BCUT2D eigenvalue weighted by Crippen LogP contribution is -2.40. The number of halogens is 1. The molecule has 0 aliphatic carbocycles. The second-order valence-corrected chi connectivity index (χ2v) is 5.68. The normalized spacial score (nSPS) is 19.4. The van der Waals surface area contributed by atoms with Crippen LogP contribution in [0, 0.1) is 11.2 Å². The molecule has 0 bridgehead atoms. The summed E-state index contributed by atoms with van der Waals surface area (Å²) < 4.78 is 14.0. The average Bonchev–Trinajstić information content (AvgIpc) is 2.27. The Morgan fingerprint density at radius 2 is 2.18 bits per heavy atom. The number of hydrogen-bond donors (Lipinski definition) is 1. The van der Waals surface area contributed by atoms with Gasteiger partial charge >= 0.3 is 0 Å². The van der Waals surface area contributed by atoms with Gasteiger partial charge in [0.2, 0.25) is 0 Å². The standard InChI is InChI=1S/C14H21FN2/c1-14(2)6-3-7-17(10-14)13-5-4-11(9-16)8-12(13)15/h4-5,8H,3,6-7,9-10,16H2,1-2H3. The SMILES string of the molecule is CC1(C)CCCN(c2ccc(CN)cc2F)C1. The van der Waals surface area contributed by atoms with Crippen molar-refractivity contribution in [3.8, 4) is 0 Å². The van der Waals surface area contributed by atoms with Crippen LogP contribution < -0.4 is 10.6 Å². The fourth-order valence-corrected chi connectivity index (χ4v) is 2.56. The van der Waals surface area contributed by atoms with E-state index in [-0.39, 0.29) is 11.2 Å². The molecule has 0 radical (unpaired) electrons. The van der Waals surface area contributed by atoms with Crippen molar-refractivity contribution in [1.82, 2.24) is 0 Å². The van der Waals surface area contributed by atoms with Gasteiger partial charge in [-0.25, -0.2) is 4.39 Å². The lowest BCUT2D eigenvalue weighted by atomic mass is 9.84. The zero-order chi connectivity index (χ0) is 12.5. The minimum absolute atomic E-state index is 0.148. The van der Waals surface area contributed by atoms with E-state index in [0.29, 0.717) is 6.54 Å². The van der Waals surface area contributed by atoms with Gasteiger partial charge in [-0.2, -0.15) is 0 Å². The van der Waals surface area contributed by atoms with Gasteiger partial charge in [-0.05, 0) is 36.0 Å². The molecular formula is C14H21FN2. The molecule has 0 spiro atoms. The first-order chi connectivity index (χ1) is 8.02. The molecule has 1 aromatic rings. The fourth-order valence-electron chi connectivity index (χ4n) is 2.56. The van der Waals surface area contributed by atoms with Gasteiger partial charge in [-0.15, -0.1) is 0 Å². The predicted octanol–water partition coefficient (Wildman–Crippen LogP) is 2.91. The third-order valence-corrected chi connectivity index (χ3v) is 3.49. The van der Waals surface area contributed by atoms with E-state index >= 15 is 0 Å². The molecule has 1 aliphatic heterocycles. The van der Waals surface area contributed by atoms with Crippen molar-refractivity contribution in [1.29, 1.82) is 0 Å². The van der Waals surface area contributed by atoms with Crippen LogP contribution >= 0.6 is 0 Å². The predicted molar refractivity (Wildman–Crippen MR) is 69.5 cm³/mol. The zero-order valence-corrected chi connectivity index (χ0v) is 10.7. The van der Waals surface area contributed by atoms with Crippen molar-refractivity contribution >= 4 is 5.69 Å². The van der Waals surface area contributed by atoms with Crippen LogP contribution in [0.25, 0.3) is 0 Å². The molecule has 0 aromatic heterocycles. The number of nitrogens with zero attached hydrogens (tertiary/aromatic N) is 1. The Bertz CT molecular complexity index is 401. The highest BCUT2D eigenvalue weighted by Gasteiger charge is 2.27. The molecule has 0 unspecified atom stereocenters. The van der Waals surface area contributed by atoms with Gasteiger partial charge in [0, 0.05) is 19.6 Å². The van der Waals surface area contributed by atoms with E-state index in [9.17, 15) is 4.39 Å². The summed E-state index contributed by atoms with van der Waals surface area (Å²) in [5.41, 5.74) is 7.35. The first-order valence-corrected chi connectivity index (χ1v) is 6.25. The van der Waals surface area contributed by atoms with Crippen LogP contribution in [0.1, 0.15) is 32.3 Å². The van der Waals surface area contributed by atoms with Gasteiger partial charge < -0.3 is 10.6 Å². The second kappa shape index (κ2) is 4.65. The second-order valence-electron chi connectivity index (χ2n) is 5.68. The molecule has 0 amide bonds. The van der Waals surface area contributed by atoms with Crippen LogP contribution in [0.3, 0.4) is 0 Å². The van der Waals surface area contributed by atoms with Gasteiger partial charge in [0.25, 0.3) is 0 Å². The van der Waals surface area contributed by atoms with Crippen LogP contribution in [0.2, 0.25) is 0 Å². The molecular weight excluding hydrogens is 215 g/mol. The van der Waals surface area contributed by atoms with E-state index in [1.807, 2.05) is 12.1 Å². The Hall–Kier alpha value is -1.09. The quantitative estimate of drug-likeness (QED) is 0.855. The molecule has 1 heterocycles. The maximum Gasteiger partial charge on any atom is 0.146 e. The highest BCUT2D eigenvalue weighted by atomic mass is 19.1. The molecule has 2 N–H and O–H groups in total. The summed E-state index contributed by atoms with van der Waals surface area (Å²) in [6, 6.07) is 5.33. The smallest absolute Gasteiger partial charge is 0.146 e. The van der Waals surface area contributed by atoms with E-state index in [4.69, 9.17) is 5.73 Å². The molecule has 17 heavy (non-hydrogen) atoms. The van der Waals surface area contributed by atoms with Gasteiger partial charge in [-0.1, -0.05) is 19.9 Å². The summed E-state index contributed by atoms with van der Waals surface area (Å²) >= 11 is 0. The summed E-state index contributed by atoms with van der Waals surface area (Å²) in [6.07, 6.45) is 2.34. The lowest BCUT2D eigenvalue weighted by molar-refractivity contribution is 0.292. The minimum Gasteiger partial charge on any atom is -0.369 e. The number of piperidine rings is 1. The molecule has 1 saturated heterocycles. The van der Waals surface area contributed by atoms with E-state index in [0.717, 1.165) is 30.8 Å². The molecule has 0 saturated carbocycles. The molecule has 2 rings (SSSR count). The molecule has 1 aromatic carbocycles. The topological polar surface area (TPSA) is 29.3 Å². The van der Waals surface area contributed by atoms with Crippen molar-refractivity contribution in [2.45, 2.75) is 33.2 Å². The van der Waals surface area contributed by atoms with E-state index < -0.39 is 0 Å². The third-order valence-electron chi connectivity index (χ3n) is 3.49. The van der Waals surface area contributed by atoms with Crippen molar-refractivity contribution in [3.05, 3.63) is 29.6 Å². The Kier molecular flexibility index (Phi) is 3.38. The number of nitrogens with two attached hydrogens (primary N) is 1. The largest absolute Gasteiger partial charge is 0.369 e. The molecule has 0 atom stereocenters. The van der Waals surface area contributed by atoms with Crippen molar-refractivity contribution in [2.24, 2.45) is 11.1 Å². The number of benzene rings is 1. The number of hydrogen-bond acceptors (Lipinski definition) is 2. The highest BCUT2D eigenvalue weighted by molar-refractivity contribution is 5.49. The van der Waals surface area contributed by atoms with Crippen LogP contribution in [-0.4, -0.2) is 13.1 Å². The van der Waals surface area contributed by atoms with Crippen LogP contribution in [-0.2, 0) is 6.54 Å². The van der Waals surface area contributed by atoms with Crippen LogP contribution in [0.5, 0.6) is 0 Å². The Labute approximate surface area is 103 Å². The lowest BCUT2D eigenvalue weighted by Gasteiger charge is -2.39. The molecule has 3 heteroatoms. The van der Waals surface area contributed by atoms with Crippen LogP contribution in [0.4, 0.5) is 10.1 Å². The number of anilines is 1. The molecule has 1 aliphatic rings. The first-order valence-electron chi connectivity index (χ1n) is 6.25. The van der Waals surface area contributed by atoms with Gasteiger partial charge in [0.1, 0.15) is 5.82 Å². The van der Waals surface area contributed by atoms with E-state index in [1.165, 1.54) is 6.42 Å². The number of rotatable bonds is 2.